The van der Waals surface area contributed by atoms with Crippen LogP contribution in [0.4, 0.5) is 29.3 Å². The fraction of sp³-hybridized carbons (Fsp3) is 0.174. The molecular formula is C23H21F3N4O4. The van der Waals surface area contributed by atoms with E-state index in [0.29, 0.717) is 28.4 Å². The highest BCUT2D eigenvalue weighted by molar-refractivity contribution is 6.01. The number of alkyl halides is 3. The van der Waals surface area contributed by atoms with Crippen LogP contribution in [0.5, 0.6) is 17.2 Å². The topological polar surface area (TPSA) is 116 Å². The number of carbonyl (C=O) groups is 2. The molecule has 0 spiro atoms. The van der Waals surface area contributed by atoms with Gasteiger partial charge in [0, 0.05) is 18.0 Å². The normalized spacial score (nSPS) is 11.0. The number of urea groups is 1. The van der Waals surface area contributed by atoms with E-state index in [1.165, 1.54) is 13.3 Å². The van der Waals surface area contributed by atoms with E-state index in [2.05, 4.69) is 15.6 Å². The van der Waals surface area contributed by atoms with Crippen molar-refractivity contribution in [3.63, 3.8) is 0 Å². The molecular weight excluding hydrogens is 453 g/mol. The molecule has 34 heavy (non-hydrogen) atoms. The van der Waals surface area contributed by atoms with E-state index >= 15 is 0 Å². The van der Waals surface area contributed by atoms with Gasteiger partial charge in [-0.1, -0.05) is 0 Å². The molecule has 4 N–H and O–H groups in total. The first-order valence-electron chi connectivity index (χ1n) is 9.90. The van der Waals surface area contributed by atoms with Crippen molar-refractivity contribution in [2.24, 2.45) is 5.73 Å². The van der Waals surface area contributed by atoms with Crippen molar-refractivity contribution in [1.82, 2.24) is 4.98 Å². The van der Waals surface area contributed by atoms with Crippen LogP contribution < -0.4 is 25.8 Å². The molecule has 0 bridgehead atoms. The Morgan fingerprint density at radius 2 is 1.71 bits per heavy atom. The number of benzene rings is 2. The van der Waals surface area contributed by atoms with Gasteiger partial charge >= 0.3 is 12.2 Å². The van der Waals surface area contributed by atoms with Crippen molar-refractivity contribution in [3.05, 3.63) is 71.5 Å². The number of aromatic nitrogens is 1. The molecule has 0 radical (unpaired) electrons. The van der Waals surface area contributed by atoms with Gasteiger partial charge in [-0.2, -0.15) is 13.2 Å². The Bertz CT molecular complexity index is 1220. The summed E-state index contributed by atoms with van der Waals surface area (Å²) in [7, 11) is 1.29. The summed E-state index contributed by atoms with van der Waals surface area (Å²) in [6, 6.07) is 10.1. The van der Waals surface area contributed by atoms with Crippen LogP contribution in [0.1, 0.15) is 16.8 Å². The zero-order chi connectivity index (χ0) is 24.9. The summed E-state index contributed by atoms with van der Waals surface area (Å²) < 4.78 is 49.8. The van der Waals surface area contributed by atoms with Gasteiger partial charge in [-0.3, -0.25) is 9.78 Å². The molecule has 0 aliphatic rings. The molecule has 0 aliphatic carbocycles. The van der Waals surface area contributed by atoms with Gasteiger partial charge in [0.1, 0.15) is 17.2 Å². The summed E-state index contributed by atoms with van der Waals surface area (Å²) >= 11 is 0. The molecule has 8 nitrogen and oxygen atoms in total. The molecule has 3 rings (SSSR count). The van der Waals surface area contributed by atoms with Gasteiger partial charge in [-0.05, 0) is 55.0 Å². The monoisotopic (exact) mass is 474 g/mol. The second-order valence-corrected chi connectivity index (χ2v) is 7.20. The number of primary amides is 1. The Morgan fingerprint density at radius 3 is 2.35 bits per heavy atom. The zero-order valence-electron chi connectivity index (χ0n) is 18.2. The van der Waals surface area contributed by atoms with Crippen LogP contribution in [0.3, 0.4) is 0 Å². The van der Waals surface area contributed by atoms with Crippen molar-refractivity contribution in [3.8, 4) is 17.2 Å². The molecule has 178 valence electrons. The largest absolute Gasteiger partial charge is 0.495 e. The maximum Gasteiger partial charge on any atom is 0.416 e. The fourth-order valence-corrected chi connectivity index (χ4v) is 3.03. The van der Waals surface area contributed by atoms with Crippen molar-refractivity contribution >= 4 is 23.3 Å². The summed E-state index contributed by atoms with van der Waals surface area (Å²) in [5.74, 6) is 0.466. The lowest BCUT2D eigenvalue weighted by Gasteiger charge is -2.15. The Kier molecular flexibility index (Phi) is 7.24. The van der Waals surface area contributed by atoms with Gasteiger partial charge in [0.2, 0.25) is 5.91 Å². The highest BCUT2D eigenvalue weighted by atomic mass is 19.4. The van der Waals surface area contributed by atoms with E-state index in [9.17, 15) is 22.8 Å². The van der Waals surface area contributed by atoms with Crippen LogP contribution in [0.2, 0.25) is 0 Å². The van der Waals surface area contributed by atoms with Crippen LogP contribution in [-0.4, -0.2) is 24.0 Å². The minimum atomic E-state index is -4.57. The highest BCUT2D eigenvalue weighted by Gasteiger charge is 2.31. The first-order chi connectivity index (χ1) is 16.0. The summed E-state index contributed by atoms with van der Waals surface area (Å²) in [6.07, 6.45) is -3.10. The molecule has 0 unspecified atom stereocenters. The highest BCUT2D eigenvalue weighted by Crippen LogP contribution is 2.35. The van der Waals surface area contributed by atoms with Crippen molar-refractivity contribution in [1.29, 1.82) is 0 Å². The number of nitrogens with zero attached hydrogens (tertiary/aromatic N) is 1. The Balaban J connectivity index is 1.70. The van der Waals surface area contributed by atoms with Gasteiger partial charge in [0.15, 0.2) is 0 Å². The van der Waals surface area contributed by atoms with E-state index in [1.54, 1.807) is 37.3 Å². The molecule has 0 atom stereocenters. The molecule has 3 aromatic rings. The minimum absolute atomic E-state index is 0.0230. The maximum absolute atomic E-state index is 13.0. The minimum Gasteiger partial charge on any atom is -0.495 e. The molecule has 3 amide bonds. The number of nitrogens with two attached hydrogens (primary N) is 1. The summed E-state index contributed by atoms with van der Waals surface area (Å²) in [5, 5.41) is 4.96. The van der Waals surface area contributed by atoms with Crippen LogP contribution in [0.25, 0.3) is 0 Å². The van der Waals surface area contributed by atoms with Gasteiger partial charge in [-0.25, -0.2) is 4.79 Å². The number of hydrogen-bond donors (Lipinski definition) is 3. The third kappa shape index (κ3) is 6.37. The number of amides is 3. The lowest BCUT2D eigenvalue weighted by Crippen LogP contribution is -2.21. The first-order valence-corrected chi connectivity index (χ1v) is 9.90. The van der Waals surface area contributed by atoms with Crippen molar-refractivity contribution in [2.75, 3.05) is 17.7 Å². The maximum atomic E-state index is 13.0. The molecule has 0 saturated carbocycles. The SMILES string of the molecule is COc1ccc(C(F)(F)F)cc1NC(=O)Nc1ccc(Oc2ccnc(CC(N)=O)c2)cc1C. The Morgan fingerprint density at radius 1 is 1.00 bits per heavy atom. The van der Waals surface area contributed by atoms with Gasteiger partial charge in [-0.15, -0.1) is 0 Å². The van der Waals surface area contributed by atoms with Gasteiger partial charge < -0.3 is 25.8 Å². The number of rotatable bonds is 7. The standard InChI is InChI=1S/C23H21F3N4O4/c1-13-9-16(34-17-7-8-28-15(11-17)12-21(27)31)4-5-18(13)29-22(32)30-19-10-14(23(24,25)26)3-6-20(19)33-2/h3-11H,12H2,1-2H3,(H2,27,31)(H2,29,30,32). The van der Waals surface area contributed by atoms with E-state index in [1.807, 2.05) is 0 Å². The molecule has 2 aromatic carbocycles. The smallest absolute Gasteiger partial charge is 0.416 e. The number of aryl methyl sites for hydroxylation is 1. The number of nitrogens with one attached hydrogen (secondary N) is 2. The second kappa shape index (κ2) is 10.1. The number of hydrogen-bond acceptors (Lipinski definition) is 5. The van der Waals surface area contributed by atoms with E-state index in [4.69, 9.17) is 15.2 Å². The van der Waals surface area contributed by atoms with Gasteiger partial charge in [0.25, 0.3) is 0 Å². The Labute approximate surface area is 192 Å². The van der Waals surface area contributed by atoms with E-state index in [0.717, 1.165) is 18.2 Å². The summed E-state index contributed by atoms with van der Waals surface area (Å²) in [4.78, 5) is 27.5. The first kappa shape index (κ1) is 24.4. The van der Waals surface area contributed by atoms with E-state index in [-0.39, 0.29) is 17.9 Å². The predicted molar refractivity (Wildman–Crippen MR) is 119 cm³/mol. The lowest BCUT2D eigenvalue weighted by molar-refractivity contribution is -0.137. The fourth-order valence-electron chi connectivity index (χ4n) is 3.03. The number of pyridine rings is 1. The Hall–Kier alpha value is -4.28. The third-order valence-electron chi connectivity index (χ3n) is 4.60. The van der Waals surface area contributed by atoms with Crippen LogP contribution >= 0.6 is 0 Å². The summed E-state index contributed by atoms with van der Waals surface area (Å²) in [6.45, 7) is 1.72. The van der Waals surface area contributed by atoms with Crippen LogP contribution in [0, 0.1) is 6.92 Å². The number of halogens is 3. The number of ether oxygens (including phenoxy) is 2. The average Bonchev–Trinajstić information content (AvgIpc) is 2.75. The van der Waals surface area contributed by atoms with Crippen molar-refractivity contribution < 1.29 is 32.2 Å². The van der Waals surface area contributed by atoms with E-state index < -0.39 is 23.7 Å². The molecule has 0 saturated heterocycles. The lowest BCUT2D eigenvalue weighted by atomic mass is 10.1. The van der Waals surface area contributed by atoms with Crippen LogP contribution in [0.15, 0.2) is 54.7 Å². The molecule has 0 fully saturated rings. The molecule has 0 aliphatic heterocycles. The number of carbonyl (C=O) groups excluding carboxylic acids is 2. The average molecular weight is 474 g/mol. The molecule has 1 aromatic heterocycles. The molecule has 11 heteroatoms. The number of methoxy groups -OCH3 is 1. The number of anilines is 2. The predicted octanol–water partition coefficient (Wildman–Crippen LogP) is 4.88. The summed E-state index contributed by atoms with van der Waals surface area (Å²) in [5.41, 5.74) is 5.64. The second-order valence-electron chi connectivity index (χ2n) is 7.20. The quantitative estimate of drug-likeness (QED) is 0.451. The zero-order valence-corrected chi connectivity index (χ0v) is 18.2. The van der Waals surface area contributed by atoms with Gasteiger partial charge in [0.05, 0.1) is 30.5 Å². The van der Waals surface area contributed by atoms with Crippen molar-refractivity contribution in [2.45, 2.75) is 19.5 Å². The van der Waals surface area contributed by atoms with Crippen LogP contribution in [-0.2, 0) is 17.4 Å². The molecule has 1 heterocycles. The third-order valence-corrected chi connectivity index (χ3v) is 4.60.